The second kappa shape index (κ2) is 7.77. The van der Waals surface area contributed by atoms with Crippen LogP contribution in [-0.2, 0) is 12.0 Å². The molecular formula is C21H22FN5O. The van der Waals surface area contributed by atoms with Crippen LogP contribution in [0.2, 0.25) is 0 Å². The van der Waals surface area contributed by atoms with Crippen LogP contribution >= 0.6 is 0 Å². The third-order valence-electron chi connectivity index (χ3n) is 5.11. The maximum absolute atomic E-state index is 12.2. The summed E-state index contributed by atoms with van der Waals surface area (Å²) >= 11 is 0. The zero-order valence-electron chi connectivity index (χ0n) is 15.8. The van der Waals surface area contributed by atoms with E-state index in [1.165, 1.54) is 0 Å². The first-order valence-electron chi connectivity index (χ1n) is 9.32. The number of rotatable bonds is 4. The summed E-state index contributed by atoms with van der Waals surface area (Å²) in [5, 5.41) is 4.15. The molecule has 1 aliphatic heterocycles. The zero-order chi connectivity index (χ0) is 19.5. The lowest BCUT2D eigenvalue weighted by molar-refractivity contribution is -0.0887. The second-order valence-electron chi connectivity index (χ2n) is 7.12. The number of aryl methyl sites for hydroxylation is 1. The van der Waals surface area contributed by atoms with E-state index >= 15 is 0 Å². The Labute approximate surface area is 163 Å². The van der Waals surface area contributed by atoms with Crippen LogP contribution in [0, 0.1) is 17.8 Å². The van der Waals surface area contributed by atoms with Crippen LogP contribution in [0.5, 0.6) is 0 Å². The number of anilines is 1. The summed E-state index contributed by atoms with van der Waals surface area (Å²) in [6, 6.07) is 6.09. The number of halogens is 1. The summed E-state index contributed by atoms with van der Waals surface area (Å²) in [5.74, 6) is 8.05. The van der Waals surface area contributed by atoms with E-state index in [1.54, 1.807) is 17.1 Å². The molecule has 0 aliphatic carbocycles. The second-order valence-corrected chi connectivity index (χ2v) is 7.12. The van der Waals surface area contributed by atoms with Crippen molar-refractivity contribution in [3.05, 3.63) is 60.4 Å². The molecule has 0 spiro atoms. The number of pyridine rings is 1. The van der Waals surface area contributed by atoms with Crippen molar-refractivity contribution in [3.8, 4) is 11.8 Å². The molecule has 1 saturated heterocycles. The van der Waals surface area contributed by atoms with Gasteiger partial charge in [0.05, 0.1) is 18.0 Å². The molecule has 1 fully saturated rings. The lowest BCUT2D eigenvalue weighted by Gasteiger charge is -2.33. The highest BCUT2D eigenvalue weighted by Gasteiger charge is 2.22. The molecule has 144 valence electrons. The molecule has 28 heavy (non-hydrogen) atoms. The van der Waals surface area contributed by atoms with Crippen LogP contribution in [0.25, 0.3) is 5.65 Å². The van der Waals surface area contributed by atoms with E-state index in [2.05, 4.69) is 48.8 Å². The number of imidazole rings is 1. The quantitative estimate of drug-likeness (QED) is 0.514. The van der Waals surface area contributed by atoms with Crippen molar-refractivity contribution in [1.82, 2.24) is 19.2 Å². The van der Waals surface area contributed by atoms with Crippen molar-refractivity contribution < 1.29 is 9.47 Å². The van der Waals surface area contributed by atoms with Gasteiger partial charge < -0.3 is 4.90 Å². The van der Waals surface area contributed by atoms with Gasteiger partial charge in [0.1, 0.15) is 22.9 Å². The summed E-state index contributed by atoms with van der Waals surface area (Å²) in [6.07, 6.45) is 7.93. The number of allylic oxidation sites excluding steroid dienone is 1. The van der Waals surface area contributed by atoms with Gasteiger partial charge in [0.2, 0.25) is 0 Å². The minimum absolute atomic E-state index is 0.211. The molecule has 0 N–H and O–H groups in total. The molecular weight excluding hydrogens is 357 g/mol. The van der Waals surface area contributed by atoms with Gasteiger partial charge in [-0.25, -0.2) is 4.98 Å². The fourth-order valence-corrected chi connectivity index (χ4v) is 3.70. The Morgan fingerprint density at radius 1 is 1.29 bits per heavy atom. The van der Waals surface area contributed by atoms with Crippen LogP contribution in [0.4, 0.5) is 10.3 Å². The minimum atomic E-state index is 0.211. The van der Waals surface area contributed by atoms with E-state index in [4.69, 9.17) is 0 Å². The highest BCUT2D eigenvalue weighted by Crippen LogP contribution is 2.28. The molecule has 0 aromatic carbocycles. The van der Waals surface area contributed by atoms with E-state index in [1.807, 2.05) is 25.4 Å². The summed E-state index contributed by atoms with van der Waals surface area (Å²) in [5.41, 5.74) is 2.58. The Morgan fingerprint density at radius 2 is 2.11 bits per heavy atom. The highest BCUT2D eigenvalue weighted by molar-refractivity contribution is 5.56. The van der Waals surface area contributed by atoms with Gasteiger partial charge in [-0.1, -0.05) is 18.6 Å². The third kappa shape index (κ3) is 3.72. The summed E-state index contributed by atoms with van der Waals surface area (Å²) < 4.78 is 16.0. The molecule has 1 aliphatic rings. The van der Waals surface area contributed by atoms with Crippen molar-refractivity contribution in [3.63, 3.8) is 0 Å². The molecule has 4 rings (SSSR count). The standard InChI is InChI=1S/C21H22FN5O/c1-16(28-22)12-17-8-10-26(11-9-17)21-5-3-4-20-23-14-19(27(20)21)7-6-18-13-24-25(2)15-18/h3-5,13-15,17H,1,8-12H2,2H3. The van der Waals surface area contributed by atoms with Crippen molar-refractivity contribution >= 4 is 11.5 Å². The molecule has 7 heteroatoms. The largest absolute Gasteiger partial charge is 0.358 e. The maximum atomic E-state index is 12.2. The first-order valence-corrected chi connectivity index (χ1v) is 9.32. The van der Waals surface area contributed by atoms with Crippen molar-refractivity contribution in [2.24, 2.45) is 13.0 Å². The topological polar surface area (TPSA) is 47.6 Å². The zero-order valence-corrected chi connectivity index (χ0v) is 15.8. The van der Waals surface area contributed by atoms with Gasteiger partial charge in [-0.15, -0.1) is 0 Å². The van der Waals surface area contributed by atoms with Crippen LogP contribution in [0.15, 0.2) is 49.1 Å². The predicted molar refractivity (Wildman–Crippen MR) is 105 cm³/mol. The van der Waals surface area contributed by atoms with Crippen molar-refractivity contribution in [2.75, 3.05) is 18.0 Å². The average Bonchev–Trinajstić information content (AvgIpc) is 3.32. The van der Waals surface area contributed by atoms with Gasteiger partial charge in [-0.3, -0.25) is 14.0 Å². The maximum Gasteiger partial charge on any atom is 0.142 e. The number of aromatic nitrogens is 4. The Kier molecular flexibility index (Phi) is 5.02. The lowest BCUT2D eigenvalue weighted by atomic mass is 9.93. The number of piperidine rings is 1. The number of hydrogen-bond acceptors (Lipinski definition) is 4. The van der Waals surface area contributed by atoms with Crippen LogP contribution in [0.1, 0.15) is 30.5 Å². The van der Waals surface area contributed by atoms with E-state index < -0.39 is 0 Å². The Balaban J connectivity index is 1.58. The van der Waals surface area contributed by atoms with Gasteiger partial charge in [0, 0.05) is 37.3 Å². The van der Waals surface area contributed by atoms with E-state index in [9.17, 15) is 4.53 Å². The smallest absolute Gasteiger partial charge is 0.142 e. The fraction of sp³-hybridized carbons (Fsp3) is 0.333. The van der Waals surface area contributed by atoms with Crippen molar-refractivity contribution in [2.45, 2.75) is 19.3 Å². The molecule has 0 saturated carbocycles. The van der Waals surface area contributed by atoms with Crippen LogP contribution < -0.4 is 4.90 Å². The Bertz CT molecular complexity index is 1050. The molecule has 4 heterocycles. The van der Waals surface area contributed by atoms with Crippen molar-refractivity contribution in [1.29, 1.82) is 0 Å². The van der Waals surface area contributed by atoms with Crippen LogP contribution in [0.3, 0.4) is 0 Å². The predicted octanol–water partition coefficient (Wildman–Crippen LogP) is 3.49. The average molecular weight is 379 g/mol. The summed E-state index contributed by atoms with van der Waals surface area (Å²) in [4.78, 5) is 10.6. The number of hydrogen-bond donors (Lipinski definition) is 0. The number of nitrogens with zero attached hydrogens (tertiary/aromatic N) is 5. The van der Waals surface area contributed by atoms with E-state index in [0.717, 1.165) is 48.7 Å². The van der Waals surface area contributed by atoms with Gasteiger partial charge in [0.25, 0.3) is 0 Å². The highest BCUT2D eigenvalue weighted by atomic mass is 19.3. The van der Waals surface area contributed by atoms with E-state index in [0.29, 0.717) is 12.3 Å². The van der Waals surface area contributed by atoms with Crippen LogP contribution in [-0.4, -0.2) is 32.3 Å². The molecule has 3 aromatic rings. The molecule has 0 atom stereocenters. The Hall–Kier alpha value is -3.27. The SMILES string of the molecule is C=C(CC1CCN(c2cccc3ncc(C#Cc4cnn(C)c4)n23)CC1)OF. The van der Waals surface area contributed by atoms with E-state index in [-0.39, 0.29) is 5.76 Å². The first kappa shape index (κ1) is 18.1. The van der Waals surface area contributed by atoms with Gasteiger partial charge in [-0.2, -0.15) is 5.10 Å². The molecule has 0 bridgehead atoms. The normalized spacial score (nSPS) is 14.7. The Morgan fingerprint density at radius 3 is 2.82 bits per heavy atom. The molecule has 0 amide bonds. The lowest BCUT2D eigenvalue weighted by Crippen LogP contribution is -2.35. The number of fused-ring (bicyclic) bond motifs is 1. The summed E-state index contributed by atoms with van der Waals surface area (Å²) in [7, 11) is 1.87. The third-order valence-corrected chi connectivity index (χ3v) is 5.11. The molecule has 0 unspecified atom stereocenters. The first-order chi connectivity index (χ1) is 13.6. The summed E-state index contributed by atoms with van der Waals surface area (Å²) in [6.45, 7) is 5.36. The van der Waals surface area contributed by atoms with Gasteiger partial charge >= 0.3 is 0 Å². The minimum Gasteiger partial charge on any atom is -0.358 e. The van der Waals surface area contributed by atoms with Gasteiger partial charge in [0.15, 0.2) is 0 Å². The van der Waals surface area contributed by atoms with Gasteiger partial charge in [-0.05, 0) is 36.8 Å². The fourth-order valence-electron chi connectivity index (χ4n) is 3.70. The monoisotopic (exact) mass is 379 g/mol. The molecule has 6 nitrogen and oxygen atoms in total. The molecule has 3 aromatic heterocycles. The molecule has 0 radical (unpaired) electrons.